The van der Waals surface area contributed by atoms with Crippen molar-refractivity contribution in [3.05, 3.63) is 42.0 Å². The topological polar surface area (TPSA) is 93.1 Å². The highest BCUT2D eigenvalue weighted by atomic mass is 32.2. The van der Waals surface area contributed by atoms with E-state index in [-0.39, 0.29) is 12.1 Å². The standard InChI is InChI=1S/C20H26N2O5S/c1-3-27-20(24)21-12-10-15(11-13-21)22(28(25)26)19-9-8-16(14(2)23)17-6-4-5-7-18(17)19/h4-9,14-15,23H,3,10-13H2,1-2H3,(H,25,26)/p-1. The molecule has 2 unspecified atom stereocenters. The van der Waals surface area contributed by atoms with E-state index in [1.807, 2.05) is 24.3 Å². The molecule has 0 aliphatic carbocycles. The molecule has 152 valence electrons. The molecule has 2 aromatic carbocycles. The number of fused-ring (bicyclic) bond motifs is 1. The number of hydrogen-bond acceptors (Lipinski definition) is 5. The van der Waals surface area contributed by atoms with Gasteiger partial charge in [0.25, 0.3) is 0 Å². The van der Waals surface area contributed by atoms with Crippen LogP contribution in [-0.2, 0) is 16.0 Å². The summed E-state index contributed by atoms with van der Waals surface area (Å²) in [7, 11) is 0. The summed E-state index contributed by atoms with van der Waals surface area (Å²) in [5.74, 6) is 0. The third-order valence-corrected chi connectivity index (χ3v) is 5.92. The number of likely N-dealkylation sites (tertiary alicyclic amines) is 1. The first-order valence-electron chi connectivity index (χ1n) is 9.44. The fourth-order valence-corrected chi connectivity index (χ4v) is 4.53. The minimum atomic E-state index is -2.46. The molecule has 2 aromatic rings. The SMILES string of the molecule is CCOC(=O)N1CCC(N(c2ccc(C(C)O)c3ccccc23)S(=O)[O-])CC1. The van der Waals surface area contributed by atoms with E-state index in [1.165, 1.54) is 4.31 Å². The lowest BCUT2D eigenvalue weighted by molar-refractivity contribution is 0.0976. The van der Waals surface area contributed by atoms with Crippen LogP contribution in [0, 0.1) is 0 Å². The summed E-state index contributed by atoms with van der Waals surface area (Å²) < 4.78 is 30.7. The molecule has 0 bridgehead atoms. The van der Waals surface area contributed by atoms with Gasteiger partial charge in [0.15, 0.2) is 0 Å². The van der Waals surface area contributed by atoms with E-state index in [0.717, 1.165) is 16.3 Å². The van der Waals surface area contributed by atoms with Crippen LogP contribution in [0.2, 0.25) is 0 Å². The van der Waals surface area contributed by atoms with Gasteiger partial charge in [-0.1, -0.05) is 30.3 Å². The average molecular weight is 405 g/mol. The van der Waals surface area contributed by atoms with Gasteiger partial charge in [-0.3, -0.25) is 8.51 Å². The Balaban J connectivity index is 1.91. The Hall–Kier alpha value is -2.16. The third kappa shape index (κ3) is 4.14. The van der Waals surface area contributed by atoms with E-state index in [1.54, 1.807) is 30.9 Å². The molecule has 1 aliphatic rings. The number of aliphatic hydroxyl groups excluding tert-OH is 1. The zero-order valence-electron chi connectivity index (χ0n) is 16.0. The highest BCUT2D eigenvalue weighted by Gasteiger charge is 2.29. The summed E-state index contributed by atoms with van der Waals surface area (Å²) in [6, 6.07) is 10.7. The van der Waals surface area contributed by atoms with Crippen LogP contribution >= 0.6 is 0 Å². The van der Waals surface area contributed by atoms with Crippen LogP contribution in [0.25, 0.3) is 10.8 Å². The molecule has 3 rings (SSSR count). The monoisotopic (exact) mass is 405 g/mol. The van der Waals surface area contributed by atoms with E-state index in [4.69, 9.17) is 4.74 Å². The summed E-state index contributed by atoms with van der Waals surface area (Å²) in [6.45, 7) is 4.66. The maximum absolute atomic E-state index is 12.2. The number of piperidine rings is 1. The van der Waals surface area contributed by atoms with E-state index in [2.05, 4.69) is 0 Å². The Kier molecular flexibility index (Phi) is 6.53. The number of aliphatic hydroxyl groups is 1. The highest BCUT2D eigenvalue weighted by molar-refractivity contribution is 7.80. The van der Waals surface area contributed by atoms with Crippen LogP contribution in [0.15, 0.2) is 36.4 Å². The number of carbonyl (C=O) groups is 1. The molecule has 0 radical (unpaired) electrons. The van der Waals surface area contributed by atoms with Gasteiger partial charge in [-0.15, -0.1) is 0 Å². The quantitative estimate of drug-likeness (QED) is 0.772. The average Bonchev–Trinajstić information content (AvgIpc) is 2.68. The fraction of sp³-hybridized carbons (Fsp3) is 0.450. The van der Waals surface area contributed by atoms with Crippen LogP contribution in [0.4, 0.5) is 10.5 Å². The lowest BCUT2D eigenvalue weighted by atomic mass is 9.98. The van der Waals surface area contributed by atoms with Gasteiger partial charge < -0.3 is 19.3 Å². The molecule has 1 N–H and O–H groups in total. The van der Waals surface area contributed by atoms with Crippen molar-refractivity contribution in [1.29, 1.82) is 0 Å². The fourth-order valence-electron chi connectivity index (χ4n) is 3.76. The molecule has 1 fully saturated rings. The number of nitrogens with zero attached hydrogens (tertiary/aromatic N) is 2. The van der Waals surface area contributed by atoms with E-state index >= 15 is 0 Å². The first-order valence-corrected chi connectivity index (χ1v) is 10.5. The Bertz CT molecular complexity index is 865. The van der Waals surface area contributed by atoms with Gasteiger partial charge in [-0.05, 0) is 43.7 Å². The van der Waals surface area contributed by atoms with Crippen molar-refractivity contribution in [3.8, 4) is 0 Å². The second-order valence-electron chi connectivity index (χ2n) is 6.86. The minimum Gasteiger partial charge on any atom is -0.755 e. The van der Waals surface area contributed by atoms with Crippen LogP contribution < -0.4 is 4.31 Å². The Labute approximate surface area is 167 Å². The zero-order chi connectivity index (χ0) is 20.3. The number of benzene rings is 2. The van der Waals surface area contributed by atoms with Crippen molar-refractivity contribution < 1.29 is 23.4 Å². The van der Waals surface area contributed by atoms with Gasteiger partial charge in [0.05, 0.1) is 18.4 Å². The molecule has 0 aromatic heterocycles. The van der Waals surface area contributed by atoms with Crippen molar-refractivity contribution in [2.24, 2.45) is 0 Å². The van der Waals surface area contributed by atoms with E-state index in [9.17, 15) is 18.7 Å². The number of hydrogen-bond donors (Lipinski definition) is 1. The first kappa shape index (κ1) is 20.6. The predicted octanol–water partition coefficient (Wildman–Crippen LogP) is 3.11. The molecule has 1 amide bonds. The van der Waals surface area contributed by atoms with Crippen LogP contribution in [0.5, 0.6) is 0 Å². The van der Waals surface area contributed by atoms with Crippen molar-refractivity contribution in [3.63, 3.8) is 0 Å². The van der Waals surface area contributed by atoms with Crippen LogP contribution in [0.3, 0.4) is 0 Å². The van der Waals surface area contributed by atoms with Crippen LogP contribution in [0.1, 0.15) is 38.4 Å². The Morgan fingerprint density at radius 2 is 1.93 bits per heavy atom. The molecule has 0 saturated carbocycles. The molecule has 28 heavy (non-hydrogen) atoms. The largest absolute Gasteiger partial charge is 0.755 e. The smallest absolute Gasteiger partial charge is 0.409 e. The summed E-state index contributed by atoms with van der Waals surface area (Å²) in [5, 5.41) is 11.7. The van der Waals surface area contributed by atoms with E-state index < -0.39 is 17.4 Å². The van der Waals surface area contributed by atoms with Crippen molar-refractivity contribution in [1.82, 2.24) is 4.90 Å². The lowest BCUT2D eigenvalue weighted by Crippen LogP contribution is -2.47. The van der Waals surface area contributed by atoms with Crippen molar-refractivity contribution in [2.75, 3.05) is 24.0 Å². The Morgan fingerprint density at radius 3 is 2.50 bits per heavy atom. The molecule has 2 atom stereocenters. The minimum absolute atomic E-state index is 0.246. The second-order valence-corrected chi connectivity index (χ2v) is 7.68. The molecule has 1 saturated heterocycles. The Morgan fingerprint density at radius 1 is 1.29 bits per heavy atom. The second kappa shape index (κ2) is 8.89. The van der Waals surface area contributed by atoms with Crippen molar-refractivity contribution >= 4 is 33.8 Å². The summed E-state index contributed by atoms with van der Waals surface area (Å²) in [5.41, 5.74) is 1.34. The third-order valence-electron chi connectivity index (χ3n) is 5.11. The normalized spacial score (nSPS) is 17.4. The first-order chi connectivity index (χ1) is 13.4. The molecular weight excluding hydrogens is 380 g/mol. The predicted molar refractivity (Wildman–Crippen MR) is 108 cm³/mol. The molecule has 1 heterocycles. The molecule has 1 aliphatic heterocycles. The molecular formula is C20H25N2O5S-. The van der Waals surface area contributed by atoms with Gasteiger partial charge in [0, 0.05) is 35.8 Å². The number of ether oxygens (including phenoxy) is 1. The summed E-state index contributed by atoms with van der Waals surface area (Å²) in [6.07, 6.45) is 0.0406. The van der Waals surface area contributed by atoms with Gasteiger partial charge in [0.2, 0.25) is 0 Å². The zero-order valence-corrected chi connectivity index (χ0v) is 16.9. The van der Waals surface area contributed by atoms with Gasteiger partial charge in [0.1, 0.15) is 0 Å². The molecule has 7 nitrogen and oxygen atoms in total. The summed E-state index contributed by atoms with van der Waals surface area (Å²) in [4.78, 5) is 13.5. The van der Waals surface area contributed by atoms with Crippen molar-refractivity contribution in [2.45, 2.75) is 38.8 Å². The van der Waals surface area contributed by atoms with Crippen LogP contribution in [-0.4, -0.2) is 50.6 Å². The van der Waals surface area contributed by atoms with Gasteiger partial charge in [-0.25, -0.2) is 4.79 Å². The number of carbonyl (C=O) groups excluding carboxylic acids is 1. The maximum Gasteiger partial charge on any atom is 0.409 e. The van der Waals surface area contributed by atoms with Gasteiger partial charge in [-0.2, -0.15) is 0 Å². The van der Waals surface area contributed by atoms with E-state index in [0.29, 0.717) is 38.2 Å². The lowest BCUT2D eigenvalue weighted by Gasteiger charge is -2.40. The molecule has 0 spiro atoms. The molecule has 8 heteroatoms. The van der Waals surface area contributed by atoms with Gasteiger partial charge >= 0.3 is 6.09 Å². The number of anilines is 1. The highest BCUT2D eigenvalue weighted by Crippen LogP contribution is 2.35. The number of rotatable bonds is 5. The maximum atomic E-state index is 12.2. The number of amides is 1. The summed E-state index contributed by atoms with van der Waals surface area (Å²) >= 11 is -2.46.